The molecular weight excluding hydrogens is 539 g/mol. The van der Waals surface area contributed by atoms with Crippen LogP contribution < -0.4 is 14.2 Å². The van der Waals surface area contributed by atoms with Crippen LogP contribution in [0.25, 0.3) is 0 Å². The van der Waals surface area contributed by atoms with Gasteiger partial charge in [-0.1, -0.05) is 36.4 Å². The molecule has 0 aromatic heterocycles. The van der Waals surface area contributed by atoms with Gasteiger partial charge in [0.15, 0.2) is 17.2 Å². The lowest BCUT2D eigenvalue weighted by Gasteiger charge is -2.17. The molecule has 3 aromatic carbocycles. The van der Waals surface area contributed by atoms with Crippen molar-refractivity contribution < 1.29 is 45.7 Å². The van der Waals surface area contributed by atoms with E-state index in [-0.39, 0.29) is 0 Å². The van der Waals surface area contributed by atoms with Crippen LogP contribution in [0.1, 0.15) is 0 Å². The number of para-hydroxylation sites is 3. The largest absolute Gasteiger partial charge is 0.673 e. The zero-order valence-corrected chi connectivity index (χ0v) is 22.9. The summed E-state index contributed by atoms with van der Waals surface area (Å²) in [5.41, 5.74) is 0. The maximum atomic E-state index is 9.75. The van der Waals surface area contributed by atoms with Crippen LogP contribution in [0.3, 0.4) is 0 Å². The Hall–Kier alpha value is -2.93. The predicted molar refractivity (Wildman–Crippen MR) is 144 cm³/mol. The first-order valence-corrected chi connectivity index (χ1v) is 13.3. The third kappa shape index (κ3) is 11.8. The minimum atomic E-state index is -6.00. The third-order valence-corrected chi connectivity index (χ3v) is 7.17. The molecule has 0 aliphatic rings. The van der Waals surface area contributed by atoms with Crippen molar-refractivity contribution in [2.75, 3.05) is 61.0 Å². The average Bonchev–Trinajstić information content (AvgIpc) is 2.91. The standard InChI is InChI=1S/C27H33O6S.BF4/c1-28-16-19-31-22-10-4-7-13-25(22)34(26-14-8-5-11-23(26)32-20-17-29-2)27-15-9-6-12-24(27)33-21-18-30-3;2-1(3,4)5/h4-15H,16-21H2,1-3H3;/q+1;-1. The highest BCUT2D eigenvalue weighted by Gasteiger charge is 2.37. The molecule has 0 amide bonds. The fourth-order valence-corrected chi connectivity index (χ4v) is 5.61. The van der Waals surface area contributed by atoms with Crippen molar-refractivity contribution in [1.29, 1.82) is 0 Å². The van der Waals surface area contributed by atoms with Gasteiger partial charge in [0.05, 0.1) is 19.8 Å². The second-order valence-corrected chi connectivity index (χ2v) is 9.60. The summed E-state index contributed by atoms with van der Waals surface area (Å²) in [6.07, 6.45) is 0. The molecule has 0 aliphatic heterocycles. The lowest BCUT2D eigenvalue weighted by molar-refractivity contribution is 0.144. The molecule has 39 heavy (non-hydrogen) atoms. The number of benzene rings is 3. The van der Waals surface area contributed by atoms with Gasteiger partial charge in [-0.15, -0.1) is 0 Å². The summed E-state index contributed by atoms with van der Waals surface area (Å²) < 4.78 is 73.0. The van der Waals surface area contributed by atoms with Gasteiger partial charge in [-0.25, -0.2) is 0 Å². The highest BCUT2D eigenvalue weighted by molar-refractivity contribution is 7.97. The van der Waals surface area contributed by atoms with E-state index in [9.17, 15) is 17.3 Å². The van der Waals surface area contributed by atoms with Gasteiger partial charge < -0.3 is 45.7 Å². The van der Waals surface area contributed by atoms with Crippen LogP contribution in [0.2, 0.25) is 0 Å². The summed E-state index contributed by atoms with van der Waals surface area (Å²) in [4.78, 5) is 3.14. The van der Waals surface area contributed by atoms with Crippen LogP contribution >= 0.6 is 0 Å². The second-order valence-electron chi connectivity index (χ2n) is 7.67. The lowest BCUT2D eigenvalue weighted by atomic mass is 10.3. The van der Waals surface area contributed by atoms with Crippen molar-refractivity contribution in [1.82, 2.24) is 0 Å². The quantitative estimate of drug-likeness (QED) is 0.0942. The summed E-state index contributed by atoms with van der Waals surface area (Å²) in [5, 5.41) is 0. The highest BCUT2D eigenvalue weighted by Crippen LogP contribution is 2.43. The van der Waals surface area contributed by atoms with Gasteiger partial charge in [0.25, 0.3) is 0 Å². The van der Waals surface area contributed by atoms with Crippen molar-refractivity contribution in [3.63, 3.8) is 0 Å². The van der Waals surface area contributed by atoms with Crippen LogP contribution in [0, 0.1) is 0 Å². The topological polar surface area (TPSA) is 55.4 Å². The van der Waals surface area contributed by atoms with Gasteiger partial charge in [-0.2, -0.15) is 0 Å². The van der Waals surface area contributed by atoms with E-state index in [0.717, 1.165) is 31.9 Å². The van der Waals surface area contributed by atoms with E-state index in [4.69, 9.17) is 28.4 Å². The van der Waals surface area contributed by atoms with Gasteiger partial charge in [0, 0.05) is 21.3 Å². The lowest BCUT2D eigenvalue weighted by Crippen LogP contribution is -2.14. The molecule has 0 heterocycles. The molecule has 0 atom stereocenters. The minimum absolute atomic E-state index is 0.461. The Kier molecular flexibility index (Phi) is 14.6. The maximum absolute atomic E-state index is 9.75. The molecule has 0 fully saturated rings. The summed E-state index contributed by atoms with van der Waals surface area (Å²) in [7, 11) is -1.56. The highest BCUT2D eigenvalue weighted by atomic mass is 32.2. The van der Waals surface area contributed by atoms with Crippen molar-refractivity contribution in [2.24, 2.45) is 0 Å². The fourth-order valence-electron chi connectivity index (χ4n) is 3.27. The van der Waals surface area contributed by atoms with Gasteiger partial charge in [0.2, 0.25) is 14.7 Å². The van der Waals surface area contributed by atoms with Crippen LogP contribution in [-0.4, -0.2) is 68.2 Å². The van der Waals surface area contributed by atoms with Crippen LogP contribution in [0.4, 0.5) is 17.3 Å². The Labute approximate surface area is 229 Å². The fraction of sp³-hybridized carbons (Fsp3) is 0.333. The monoisotopic (exact) mass is 572 g/mol. The number of methoxy groups -OCH3 is 3. The van der Waals surface area contributed by atoms with Gasteiger partial charge in [-0.05, 0) is 36.4 Å². The number of ether oxygens (including phenoxy) is 6. The van der Waals surface area contributed by atoms with Crippen molar-refractivity contribution in [3.8, 4) is 17.2 Å². The molecule has 0 unspecified atom stereocenters. The van der Waals surface area contributed by atoms with E-state index in [1.54, 1.807) is 21.3 Å². The third-order valence-electron chi connectivity index (χ3n) is 4.84. The van der Waals surface area contributed by atoms with Gasteiger partial charge >= 0.3 is 7.25 Å². The Balaban J connectivity index is 0.000000976. The van der Waals surface area contributed by atoms with Gasteiger partial charge in [-0.3, -0.25) is 0 Å². The number of hydrogen-bond acceptors (Lipinski definition) is 6. The zero-order valence-electron chi connectivity index (χ0n) is 22.1. The molecule has 0 N–H and O–H groups in total. The van der Waals surface area contributed by atoms with E-state index >= 15 is 0 Å². The number of rotatable bonds is 15. The number of halogens is 4. The van der Waals surface area contributed by atoms with Gasteiger partial charge in [0.1, 0.15) is 30.7 Å². The molecule has 214 valence electrons. The molecule has 3 rings (SSSR count). The normalized spacial score (nSPS) is 11.1. The zero-order chi connectivity index (χ0) is 28.5. The van der Waals surface area contributed by atoms with Crippen LogP contribution in [-0.2, 0) is 25.1 Å². The molecule has 0 aliphatic carbocycles. The van der Waals surface area contributed by atoms with E-state index in [0.29, 0.717) is 39.6 Å². The smallest absolute Gasteiger partial charge is 0.486 e. The molecule has 0 bridgehead atoms. The van der Waals surface area contributed by atoms with Crippen molar-refractivity contribution in [3.05, 3.63) is 72.8 Å². The van der Waals surface area contributed by atoms with Crippen LogP contribution in [0.5, 0.6) is 17.2 Å². The van der Waals surface area contributed by atoms with E-state index in [1.807, 2.05) is 54.6 Å². The summed E-state index contributed by atoms with van der Waals surface area (Å²) in [6, 6.07) is 24.3. The first-order valence-electron chi connectivity index (χ1n) is 12.0. The molecule has 0 radical (unpaired) electrons. The Morgan fingerprint density at radius 1 is 0.487 bits per heavy atom. The molecule has 6 nitrogen and oxygen atoms in total. The van der Waals surface area contributed by atoms with Crippen LogP contribution in [0.15, 0.2) is 87.5 Å². The summed E-state index contributed by atoms with van der Waals surface area (Å²) in [5.74, 6) is 2.42. The average molecular weight is 572 g/mol. The molecule has 0 spiro atoms. The maximum Gasteiger partial charge on any atom is 0.673 e. The first-order chi connectivity index (χ1) is 18.8. The minimum Gasteiger partial charge on any atom is -0.486 e. The molecule has 3 aromatic rings. The molecule has 0 saturated carbocycles. The Morgan fingerprint density at radius 3 is 1.00 bits per heavy atom. The van der Waals surface area contributed by atoms with E-state index in [1.165, 1.54) is 0 Å². The predicted octanol–water partition coefficient (Wildman–Crippen LogP) is 6.16. The first kappa shape index (κ1) is 32.3. The Morgan fingerprint density at radius 2 is 0.744 bits per heavy atom. The van der Waals surface area contributed by atoms with Crippen molar-refractivity contribution in [2.45, 2.75) is 14.7 Å². The Bertz CT molecular complexity index is 972. The molecule has 0 saturated heterocycles. The number of hydrogen-bond donors (Lipinski definition) is 0. The van der Waals surface area contributed by atoms with Crippen molar-refractivity contribution >= 4 is 18.1 Å². The second kappa shape index (κ2) is 17.6. The molecular formula is C27H33BF4O6S. The van der Waals surface area contributed by atoms with E-state index in [2.05, 4.69) is 18.2 Å². The molecule has 12 heteroatoms. The van der Waals surface area contributed by atoms with E-state index < -0.39 is 18.1 Å². The summed E-state index contributed by atoms with van der Waals surface area (Å²) in [6.45, 7) is 2.91. The SMILES string of the molecule is COCCOc1ccccc1[S+](c1ccccc1OCCOC)c1ccccc1OCCOC.F[B-](F)(F)F. The summed E-state index contributed by atoms with van der Waals surface area (Å²) >= 11 is 0.